The van der Waals surface area contributed by atoms with Gasteiger partial charge in [0.05, 0.1) is 18.5 Å². The fourth-order valence-electron chi connectivity index (χ4n) is 3.20. The zero-order valence-corrected chi connectivity index (χ0v) is 15.4. The van der Waals surface area contributed by atoms with E-state index in [-0.39, 0.29) is 5.91 Å². The number of carboxylic acid groups (broad SMARTS) is 1. The second-order valence-corrected chi connectivity index (χ2v) is 6.53. The minimum atomic E-state index is -0.950. The number of nitrogens with zero attached hydrogens (tertiary/aromatic N) is 1. The Morgan fingerprint density at radius 2 is 1.81 bits per heavy atom. The van der Waals surface area contributed by atoms with Gasteiger partial charge in [0.2, 0.25) is 0 Å². The van der Waals surface area contributed by atoms with Crippen molar-refractivity contribution in [3.05, 3.63) is 64.3 Å². The third-order valence-electron chi connectivity index (χ3n) is 4.56. The molecular formula is C20H18ClNO4. The van der Waals surface area contributed by atoms with E-state index in [1.54, 1.807) is 68.0 Å². The van der Waals surface area contributed by atoms with E-state index in [0.717, 1.165) is 0 Å². The molecule has 1 aromatic heterocycles. The molecule has 1 atom stereocenters. The summed E-state index contributed by atoms with van der Waals surface area (Å²) in [7, 11) is 1.55. The zero-order valence-electron chi connectivity index (χ0n) is 14.6. The summed E-state index contributed by atoms with van der Waals surface area (Å²) in [5, 5.41) is 10.7. The van der Waals surface area contributed by atoms with Gasteiger partial charge in [-0.3, -0.25) is 14.2 Å². The number of fused-ring (bicyclic) bond motifs is 1. The normalized spacial score (nSPS) is 12.2. The molecule has 0 amide bonds. The van der Waals surface area contributed by atoms with Crippen LogP contribution >= 0.6 is 11.6 Å². The van der Waals surface area contributed by atoms with Crippen LogP contribution in [0.4, 0.5) is 0 Å². The van der Waals surface area contributed by atoms with Crippen molar-refractivity contribution in [1.82, 2.24) is 4.57 Å². The molecule has 0 spiro atoms. The SMILES string of the molecule is COc1ccc2c(c1)c(C(C)C(=O)O)c(C)n2C(=O)c1ccc(Cl)cc1. The van der Waals surface area contributed by atoms with Gasteiger partial charge < -0.3 is 9.84 Å². The third-order valence-corrected chi connectivity index (χ3v) is 4.81. The fraction of sp³-hybridized carbons (Fsp3) is 0.200. The van der Waals surface area contributed by atoms with Crippen LogP contribution in [0.3, 0.4) is 0 Å². The molecule has 3 rings (SSSR count). The first-order valence-corrected chi connectivity index (χ1v) is 8.45. The highest BCUT2D eigenvalue weighted by molar-refractivity contribution is 6.30. The number of carboxylic acids is 1. The van der Waals surface area contributed by atoms with E-state index in [4.69, 9.17) is 16.3 Å². The highest BCUT2D eigenvalue weighted by Crippen LogP contribution is 2.35. The molecule has 3 aromatic rings. The number of aromatic nitrogens is 1. The topological polar surface area (TPSA) is 68.5 Å². The number of rotatable bonds is 4. The van der Waals surface area contributed by atoms with Crippen LogP contribution in [0.25, 0.3) is 10.9 Å². The lowest BCUT2D eigenvalue weighted by Crippen LogP contribution is -2.15. The van der Waals surface area contributed by atoms with E-state index < -0.39 is 11.9 Å². The largest absolute Gasteiger partial charge is 0.497 e. The highest BCUT2D eigenvalue weighted by atomic mass is 35.5. The Labute approximate surface area is 155 Å². The summed E-state index contributed by atoms with van der Waals surface area (Å²) in [5.41, 5.74) is 2.32. The van der Waals surface area contributed by atoms with Gasteiger partial charge in [-0.15, -0.1) is 0 Å². The van der Waals surface area contributed by atoms with E-state index in [2.05, 4.69) is 0 Å². The van der Waals surface area contributed by atoms with Crippen molar-refractivity contribution in [3.63, 3.8) is 0 Å². The average Bonchev–Trinajstić information content (AvgIpc) is 2.91. The van der Waals surface area contributed by atoms with Crippen molar-refractivity contribution in [3.8, 4) is 5.75 Å². The zero-order chi connectivity index (χ0) is 19.0. The third kappa shape index (κ3) is 2.95. The fourth-order valence-corrected chi connectivity index (χ4v) is 3.33. The van der Waals surface area contributed by atoms with Crippen LogP contribution in [-0.2, 0) is 4.79 Å². The van der Waals surface area contributed by atoms with Gasteiger partial charge in [0.25, 0.3) is 5.91 Å². The Morgan fingerprint density at radius 3 is 2.38 bits per heavy atom. The van der Waals surface area contributed by atoms with Crippen molar-refractivity contribution in [2.75, 3.05) is 7.11 Å². The highest BCUT2D eigenvalue weighted by Gasteiger charge is 2.26. The summed E-state index contributed by atoms with van der Waals surface area (Å²) >= 11 is 5.91. The molecule has 0 fully saturated rings. The first-order chi connectivity index (χ1) is 12.3. The van der Waals surface area contributed by atoms with E-state index in [9.17, 15) is 14.7 Å². The van der Waals surface area contributed by atoms with Crippen molar-refractivity contribution < 1.29 is 19.4 Å². The molecule has 0 radical (unpaired) electrons. The number of halogens is 1. The Morgan fingerprint density at radius 1 is 1.15 bits per heavy atom. The molecule has 134 valence electrons. The second-order valence-electron chi connectivity index (χ2n) is 6.09. The van der Waals surface area contributed by atoms with Gasteiger partial charge in [0.1, 0.15) is 5.75 Å². The van der Waals surface area contributed by atoms with Gasteiger partial charge in [-0.05, 0) is 61.9 Å². The molecule has 0 bridgehead atoms. The van der Waals surface area contributed by atoms with Crippen LogP contribution in [0.1, 0.15) is 34.5 Å². The van der Waals surface area contributed by atoms with E-state index in [1.165, 1.54) is 0 Å². The summed E-state index contributed by atoms with van der Waals surface area (Å²) in [4.78, 5) is 24.7. The Kier molecular flexibility index (Phi) is 4.74. The first kappa shape index (κ1) is 18.0. The van der Waals surface area contributed by atoms with Crippen LogP contribution < -0.4 is 4.74 Å². The Bertz CT molecular complexity index is 1000. The van der Waals surface area contributed by atoms with Crippen LogP contribution in [0.15, 0.2) is 42.5 Å². The predicted octanol–water partition coefficient (Wildman–Crippen LogP) is 4.49. The van der Waals surface area contributed by atoms with Gasteiger partial charge in [0.15, 0.2) is 0 Å². The van der Waals surface area contributed by atoms with E-state index in [0.29, 0.717) is 38.5 Å². The molecule has 1 unspecified atom stereocenters. The molecule has 0 aliphatic carbocycles. The standard InChI is InChI=1S/C20H18ClNO4/c1-11(20(24)25)18-12(2)22(17-9-8-15(26-3)10-16(17)18)19(23)13-4-6-14(21)7-5-13/h4-11H,1-3H3,(H,24,25). The molecule has 0 aliphatic heterocycles. The maximum Gasteiger partial charge on any atom is 0.310 e. The summed E-state index contributed by atoms with van der Waals surface area (Å²) in [6.07, 6.45) is 0. The number of benzene rings is 2. The van der Waals surface area contributed by atoms with Crippen LogP contribution in [-0.4, -0.2) is 28.7 Å². The lowest BCUT2D eigenvalue weighted by atomic mass is 9.98. The quantitative estimate of drug-likeness (QED) is 0.733. The summed E-state index contributed by atoms with van der Waals surface area (Å²) in [6, 6.07) is 11.9. The van der Waals surface area contributed by atoms with Crippen molar-refractivity contribution in [2.45, 2.75) is 19.8 Å². The minimum absolute atomic E-state index is 0.238. The van der Waals surface area contributed by atoms with Crippen LogP contribution in [0.2, 0.25) is 5.02 Å². The minimum Gasteiger partial charge on any atom is -0.497 e. The van der Waals surface area contributed by atoms with Gasteiger partial charge in [-0.1, -0.05) is 11.6 Å². The molecule has 2 aromatic carbocycles. The van der Waals surface area contributed by atoms with Crippen molar-refractivity contribution in [2.24, 2.45) is 0 Å². The number of carbonyl (C=O) groups is 2. The summed E-state index contributed by atoms with van der Waals surface area (Å²) in [6.45, 7) is 3.37. The molecule has 5 nitrogen and oxygen atoms in total. The molecule has 6 heteroatoms. The van der Waals surface area contributed by atoms with Crippen molar-refractivity contribution in [1.29, 1.82) is 0 Å². The number of carbonyl (C=O) groups excluding carboxylic acids is 1. The Balaban J connectivity index is 2.28. The number of methoxy groups -OCH3 is 1. The van der Waals surface area contributed by atoms with Crippen molar-refractivity contribution >= 4 is 34.4 Å². The van der Waals surface area contributed by atoms with E-state index >= 15 is 0 Å². The molecule has 1 heterocycles. The smallest absolute Gasteiger partial charge is 0.310 e. The van der Waals surface area contributed by atoms with Crippen LogP contribution in [0, 0.1) is 6.92 Å². The Hall–Kier alpha value is -2.79. The lowest BCUT2D eigenvalue weighted by molar-refractivity contribution is -0.138. The molecule has 1 N–H and O–H groups in total. The molecule has 0 saturated carbocycles. The van der Waals surface area contributed by atoms with Crippen LogP contribution in [0.5, 0.6) is 5.75 Å². The van der Waals surface area contributed by atoms with Gasteiger partial charge in [-0.2, -0.15) is 0 Å². The number of aliphatic carboxylic acids is 1. The van der Waals surface area contributed by atoms with Gasteiger partial charge in [0, 0.05) is 21.7 Å². The summed E-state index contributed by atoms with van der Waals surface area (Å²) < 4.78 is 6.82. The molecule has 0 aliphatic rings. The van der Waals surface area contributed by atoms with Gasteiger partial charge in [-0.25, -0.2) is 0 Å². The van der Waals surface area contributed by atoms with Gasteiger partial charge >= 0.3 is 5.97 Å². The number of hydrogen-bond donors (Lipinski definition) is 1. The predicted molar refractivity (Wildman–Crippen MR) is 100 cm³/mol. The lowest BCUT2D eigenvalue weighted by Gasteiger charge is -2.09. The first-order valence-electron chi connectivity index (χ1n) is 8.07. The monoisotopic (exact) mass is 371 g/mol. The summed E-state index contributed by atoms with van der Waals surface area (Å²) in [5.74, 6) is -1.34. The maximum atomic E-state index is 13.1. The van der Waals surface area contributed by atoms with E-state index in [1.807, 2.05) is 0 Å². The number of hydrogen-bond acceptors (Lipinski definition) is 3. The average molecular weight is 372 g/mol. The molecular weight excluding hydrogens is 354 g/mol. The maximum absolute atomic E-state index is 13.1. The second kappa shape index (κ2) is 6.84. The number of ether oxygens (including phenoxy) is 1. The molecule has 0 saturated heterocycles. The molecule has 26 heavy (non-hydrogen) atoms.